The summed E-state index contributed by atoms with van der Waals surface area (Å²) in [5.41, 5.74) is 0.419. The zero-order valence-corrected chi connectivity index (χ0v) is 12.0. The average molecular weight is 311 g/mol. The SMILES string of the molecule is O=C(NCC(O)c1cccc(OC(F)F)c1)C1CC=CCC1. The maximum Gasteiger partial charge on any atom is 0.387 e. The number of aliphatic hydroxyl groups excluding tert-OH is 1. The summed E-state index contributed by atoms with van der Waals surface area (Å²) in [4.78, 5) is 12.0. The number of aliphatic hydroxyl groups is 1. The summed E-state index contributed by atoms with van der Waals surface area (Å²) in [7, 11) is 0. The van der Waals surface area contributed by atoms with Crippen LogP contribution < -0.4 is 10.1 Å². The van der Waals surface area contributed by atoms with Crippen LogP contribution in [-0.4, -0.2) is 24.2 Å². The number of hydrogen-bond donors (Lipinski definition) is 2. The molecule has 2 unspecified atom stereocenters. The number of alkyl halides is 2. The van der Waals surface area contributed by atoms with Crippen molar-refractivity contribution in [1.29, 1.82) is 0 Å². The molecule has 0 spiro atoms. The van der Waals surface area contributed by atoms with E-state index in [4.69, 9.17) is 0 Å². The summed E-state index contributed by atoms with van der Waals surface area (Å²) in [6, 6.07) is 5.84. The van der Waals surface area contributed by atoms with Crippen LogP contribution in [0, 0.1) is 5.92 Å². The van der Waals surface area contributed by atoms with E-state index in [1.54, 1.807) is 6.07 Å². The van der Waals surface area contributed by atoms with Crippen molar-refractivity contribution in [2.45, 2.75) is 32.0 Å². The molecular formula is C16H19F2NO3. The van der Waals surface area contributed by atoms with Gasteiger partial charge in [-0.2, -0.15) is 8.78 Å². The molecule has 0 heterocycles. The first-order valence-electron chi connectivity index (χ1n) is 7.22. The van der Waals surface area contributed by atoms with Crippen molar-refractivity contribution in [3.05, 3.63) is 42.0 Å². The van der Waals surface area contributed by atoms with E-state index in [0.717, 1.165) is 12.8 Å². The van der Waals surface area contributed by atoms with Gasteiger partial charge in [0.25, 0.3) is 0 Å². The van der Waals surface area contributed by atoms with Crippen molar-refractivity contribution in [3.63, 3.8) is 0 Å². The predicted octanol–water partition coefficient (Wildman–Crippen LogP) is 2.79. The molecule has 0 bridgehead atoms. The van der Waals surface area contributed by atoms with Gasteiger partial charge in [0.15, 0.2) is 0 Å². The Hall–Kier alpha value is -1.95. The lowest BCUT2D eigenvalue weighted by molar-refractivity contribution is -0.125. The van der Waals surface area contributed by atoms with Crippen LogP contribution in [0.5, 0.6) is 5.75 Å². The van der Waals surface area contributed by atoms with Crippen LogP contribution >= 0.6 is 0 Å². The number of amides is 1. The molecule has 2 atom stereocenters. The fraction of sp³-hybridized carbons (Fsp3) is 0.438. The Morgan fingerprint density at radius 3 is 2.91 bits per heavy atom. The van der Waals surface area contributed by atoms with Gasteiger partial charge in [0.05, 0.1) is 6.10 Å². The zero-order valence-electron chi connectivity index (χ0n) is 12.0. The van der Waals surface area contributed by atoms with Gasteiger partial charge in [-0.3, -0.25) is 4.79 Å². The maximum absolute atomic E-state index is 12.2. The van der Waals surface area contributed by atoms with Gasteiger partial charge in [-0.25, -0.2) is 0 Å². The van der Waals surface area contributed by atoms with E-state index in [1.807, 2.05) is 12.2 Å². The number of carbonyl (C=O) groups is 1. The van der Waals surface area contributed by atoms with Crippen LogP contribution in [0.25, 0.3) is 0 Å². The number of benzene rings is 1. The first-order valence-corrected chi connectivity index (χ1v) is 7.22. The van der Waals surface area contributed by atoms with Crippen LogP contribution in [0.15, 0.2) is 36.4 Å². The lowest BCUT2D eigenvalue weighted by Crippen LogP contribution is -2.34. The van der Waals surface area contributed by atoms with Crippen LogP contribution in [0.4, 0.5) is 8.78 Å². The molecule has 0 aliphatic heterocycles. The number of ether oxygens (including phenoxy) is 1. The minimum Gasteiger partial charge on any atom is -0.435 e. The molecule has 2 N–H and O–H groups in total. The Morgan fingerprint density at radius 1 is 1.41 bits per heavy atom. The highest BCUT2D eigenvalue weighted by Gasteiger charge is 2.19. The van der Waals surface area contributed by atoms with Gasteiger partial charge in [0.1, 0.15) is 5.75 Å². The Bertz CT molecular complexity index is 534. The summed E-state index contributed by atoms with van der Waals surface area (Å²) >= 11 is 0. The third kappa shape index (κ3) is 4.80. The number of carbonyl (C=O) groups excluding carboxylic acids is 1. The minimum absolute atomic E-state index is 0.0182. The van der Waals surface area contributed by atoms with E-state index in [2.05, 4.69) is 10.1 Å². The number of hydrogen-bond acceptors (Lipinski definition) is 3. The van der Waals surface area contributed by atoms with E-state index in [1.165, 1.54) is 18.2 Å². The van der Waals surface area contributed by atoms with Crippen LogP contribution in [0.2, 0.25) is 0 Å². The van der Waals surface area contributed by atoms with E-state index < -0.39 is 12.7 Å². The van der Waals surface area contributed by atoms with Gasteiger partial charge < -0.3 is 15.2 Å². The number of rotatable bonds is 6. The highest BCUT2D eigenvalue weighted by atomic mass is 19.3. The molecule has 1 aromatic carbocycles. The molecule has 0 radical (unpaired) electrons. The summed E-state index contributed by atoms with van der Waals surface area (Å²) in [6.07, 6.45) is 5.45. The van der Waals surface area contributed by atoms with Crippen molar-refractivity contribution in [2.75, 3.05) is 6.54 Å². The van der Waals surface area contributed by atoms with Gasteiger partial charge >= 0.3 is 6.61 Å². The van der Waals surface area contributed by atoms with Gasteiger partial charge in [0, 0.05) is 12.5 Å². The summed E-state index contributed by atoms with van der Waals surface area (Å²) in [5, 5.41) is 12.8. The van der Waals surface area contributed by atoms with Crippen LogP contribution in [-0.2, 0) is 4.79 Å². The molecule has 4 nitrogen and oxygen atoms in total. The summed E-state index contributed by atoms with van der Waals surface area (Å²) < 4.78 is 28.6. The molecular weight excluding hydrogens is 292 g/mol. The second kappa shape index (κ2) is 7.89. The smallest absolute Gasteiger partial charge is 0.387 e. The average Bonchev–Trinajstić information content (AvgIpc) is 2.52. The topological polar surface area (TPSA) is 58.6 Å². The highest BCUT2D eigenvalue weighted by molar-refractivity contribution is 5.79. The maximum atomic E-state index is 12.2. The van der Waals surface area contributed by atoms with Crippen LogP contribution in [0.1, 0.15) is 30.9 Å². The lowest BCUT2D eigenvalue weighted by Gasteiger charge is -2.19. The number of allylic oxidation sites excluding steroid dienone is 2. The third-order valence-electron chi connectivity index (χ3n) is 3.58. The van der Waals surface area contributed by atoms with Crippen molar-refractivity contribution in [1.82, 2.24) is 5.32 Å². The van der Waals surface area contributed by atoms with E-state index in [-0.39, 0.29) is 24.1 Å². The molecule has 2 rings (SSSR count). The molecule has 0 aromatic heterocycles. The molecule has 0 fully saturated rings. The molecule has 6 heteroatoms. The molecule has 0 saturated carbocycles. The third-order valence-corrected chi connectivity index (χ3v) is 3.58. The summed E-state index contributed by atoms with van der Waals surface area (Å²) in [5.74, 6) is -0.176. The largest absolute Gasteiger partial charge is 0.435 e. The first kappa shape index (κ1) is 16.4. The van der Waals surface area contributed by atoms with E-state index >= 15 is 0 Å². The molecule has 1 aliphatic rings. The van der Waals surface area contributed by atoms with Crippen molar-refractivity contribution < 1.29 is 23.4 Å². The van der Waals surface area contributed by atoms with Gasteiger partial charge in [-0.1, -0.05) is 24.3 Å². The lowest BCUT2D eigenvalue weighted by atomic mass is 9.93. The fourth-order valence-corrected chi connectivity index (χ4v) is 2.39. The Morgan fingerprint density at radius 2 is 2.23 bits per heavy atom. The summed E-state index contributed by atoms with van der Waals surface area (Å²) in [6.45, 7) is -2.87. The van der Waals surface area contributed by atoms with Gasteiger partial charge in [-0.15, -0.1) is 0 Å². The van der Waals surface area contributed by atoms with Gasteiger partial charge in [0.2, 0.25) is 5.91 Å². The number of halogens is 2. The highest BCUT2D eigenvalue weighted by Crippen LogP contribution is 2.21. The van der Waals surface area contributed by atoms with E-state index in [0.29, 0.717) is 12.0 Å². The molecule has 120 valence electrons. The fourth-order valence-electron chi connectivity index (χ4n) is 2.39. The second-order valence-electron chi connectivity index (χ2n) is 5.19. The molecule has 0 saturated heterocycles. The Kier molecular flexibility index (Phi) is 5.89. The molecule has 1 aliphatic carbocycles. The normalized spacial score (nSPS) is 19.0. The first-order chi connectivity index (χ1) is 10.6. The number of nitrogens with one attached hydrogen (secondary N) is 1. The molecule has 22 heavy (non-hydrogen) atoms. The predicted molar refractivity (Wildman–Crippen MR) is 77.5 cm³/mol. The molecule has 1 amide bonds. The Labute approximate surface area is 127 Å². The standard InChI is InChI=1S/C16H19F2NO3/c17-16(18)22-13-8-4-7-12(9-13)14(20)10-19-15(21)11-5-2-1-3-6-11/h1-2,4,7-9,11,14,16,20H,3,5-6,10H2,(H,19,21). The zero-order chi connectivity index (χ0) is 15.9. The monoisotopic (exact) mass is 311 g/mol. The van der Waals surface area contributed by atoms with Crippen molar-refractivity contribution in [2.24, 2.45) is 5.92 Å². The molecule has 1 aromatic rings. The second-order valence-corrected chi connectivity index (χ2v) is 5.19. The van der Waals surface area contributed by atoms with Crippen LogP contribution in [0.3, 0.4) is 0 Å². The van der Waals surface area contributed by atoms with E-state index in [9.17, 15) is 18.7 Å². The Balaban J connectivity index is 1.87. The van der Waals surface area contributed by atoms with Crippen molar-refractivity contribution >= 4 is 5.91 Å². The quantitative estimate of drug-likeness (QED) is 0.794. The minimum atomic E-state index is -2.91. The van der Waals surface area contributed by atoms with Gasteiger partial charge in [-0.05, 0) is 37.0 Å². The van der Waals surface area contributed by atoms with Crippen molar-refractivity contribution in [3.8, 4) is 5.75 Å².